The fraction of sp³-hybridized carbons (Fsp3) is 0.217. The van der Waals surface area contributed by atoms with E-state index in [1.165, 1.54) is 5.69 Å². The van der Waals surface area contributed by atoms with E-state index >= 15 is 0 Å². The maximum absolute atomic E-state index is 4.61. The summed E-state index contributed by atoms with van der Waals surface area (Å²) in [5.74, 6) is 0. The molecule has 0 bridgehead atoms. The van der Waals surface area contributed by atoms with Crippen molar-refractivity contribution in [2.45, 2.75) is 0 Å². The lowest BCUT2D eigenvalue weighted by Crippen LogP contribution is -2.44. The van der Waals surface area contributed by atoms with E-state index in [0.717, 1.165) is 70.8 Å². The van der Waals surface area contributed by atoms with Crippen LogP contribution in [-0.2, 0) is 0 Å². The van der Waals surface area contributed by atoms with Gasteiger partial charge in [-0.15, -0.1) is 0 Å². The molecular weight excluding hydrogens is 388 g/mol. The minimum atomic E-state index is 0.840. The molecule has 5 heterocycles. The second kappa shape index (κ2) is 7.17. The van der Waals surface area contributed by atoms with E-state index in [2.05, 4.69) is 65.2 Å². The molecule has 2 N–H and O–H groups in total. The van der Waals surface area contributed by atoms with E-state index in [1.54, 1.807) is 18.6 Å². The number of nitrogens with one attached hydrogen (secondary N) is 2. The zero-order chi connectivity index (χ0) is 20.8. The summed E-state index contributed by atoms with van der Waals surface area (Å²) < 4.78 is 0. The van der Waals surface area contributed by atoms with Crippen LogP contribution in [0.3, 0.4) is 0 Å². The van der Waals surface area contributed by atoms with Gasteiger partial charge in [-0.25, -0.2) is 4.98 Å². The summed E-state index contributed by atoms with van der Waals surface area (Å²) in [6.07, 6.45) is 7.04. The number of aromatic nitrogens is 6. The smallest absolute Gasteiger partial charge is 0.139 e. The van der Waals surface area contributed by atoms with Crippen LogP contribution in [-0.4, -0.2) is 68.3 Å². The third-order valence-electron chi connectivity index (χ3n) is 6.03. The summed E-state index contributed by atoms with van der Waals surface area (Å²) in [5.41, 5.74) is 6.76. The van der Waals surface area contributed by atoms with E-state index < -0.39 is 0 Å². The van der Waals surface area contributed by atoms with Gasteiger partial charge in [0.1, 0.15) is 11.3 Å². The van der Waals surface area contributed by atoms with Crippen LogP contribution in [0.5, 0.6) is 0 Å². The number of fused-ring (bicyclic) bond motifs is 2. The highest BCUT2D eigenvalue weighted by molar-refractivity contribution is 5.99. The molecule has 5 aromatic rings. The molecule has 1 saturated heterocycles. The Morgan fingerprint density at radius 3 is 2.65 bits per heavy atom. The van der Waals surface area contributed by atoms with Gasteiger partial charge in [0.05, 0.1) is 23.1 Å². The minimum Gasteiger partial charge on any atom is -0.368 e. The quantitative estimate of drug-likeness (QED) is 0.474. The highest BCUT2D eigenvalue weighted by atomic mass is 15.2. The molecular formula is C23H22N8. The third kappa shape index (κ3) is 3.12. The lowest BCUT2D eigenvalue weighted by atomic mass is 10.1. The number of H-pyrrole nitrogens is 2. The molecule has 8 heteroatoms. The van der Waals surface area contributed by atoms with Crippen molar-refractivity contribution in [1.82, 2.24) is 35.0 Å². The standard InChI is InChI=1S/C23H22N8/c1-30-8-10-31(11-9-30)21-4-5-26-23-17(21)13-19(27-23)22-16-12-15(2-3-18(16)28-29-22)20-14-24-6-7-25-20/h2-7,12-14H,8-11H2,1H3,(H,26,27)(H,28,29). The molecule has 0 amide bonds. The van der Waals surface area contributed by atoms with Crippen molar-refractivity contribution in [1.29, 1.82) is 0 Å². The Kier molecular flexibility index (Phi) is 4.17. The minimum absolute atomic E-state index is 0.840. The third-order valence-corrected chi connectivity index (χ3v) is 6.03. The van der Waals surface area contributed by atoms with Gasteiger partial charge in [-0.3, -0.25) is 15.1 Å². The van der Waals surface area contributed by atoms with Crippen LogP contribution < -0.4 is 4.90 Å². The predicted molar refractivity (Wildman–Crippen MR) is 122 cm³/mol. The average molecular weight is 410 g/mol. The van der Waals surface area contributed by atoms with E-state index in [-0.39, 0.29) is 0 Å². The van der Waals surface area contributed by atoms with E-state index in [0.29, 0.717) is 0 Å². The van der Waals surface area contributed by atoms with E-state index in [1.807, 2.05) is 18.3 Å². The Bertz CT molecular complexity index is 1360. The molecule has 1 aliphatic rings. The molecule has 1 aromatic carbocycles. The molecule has 0 unspecified atom stereocenters. The molecule has 1 aliphatic heterocycles. The lowest BCUT2D eigenvalue weighted by Gasteiger charge is -2.34. The molecule has 154 valence electrons. The van der Waals surface area contributed by atoms with Gasteiger partial charge in [0, 0.05) is 66.8 Å². The number of anilines is 1. The fourth-order valence-corrected chi connectivity index (χ4v) is 4.29. The number of benzene rings is 1. The topological polar surface area (TPSA) is 89.6 Å². The number of aromatic amines is 2. The van der Waals surface area contributed by atoms with Crippen LogP contribution in [0.25, 0.3) is 44.6 Å². The predicted octanol–water partition coefficient (Wildman–Crippen LogP) is 3.32. The number of pyridine rings is 1. The summed E-state index contributed by atoms with van der Waals surface area (Å²) in [6.45, 7) is 4.17. The van der Waals surface area contributed by atoms with Gasteiger partial charge in [0.2, 0.25) is 0 Å². The summed E-state index contributed by atoms with van der Waals surface area (Å²) in [6, 6.07) is 10.5. The molecule has 6 rings (SSSR count). The first-order valence-corrected chi connectivity index (χ1v) is 10.4. The van der Waals surface area contributed by atoms with Gasteiger partial charge in [-0.05, 0) is 31.3 Å². The van der Waals surface area contributed by atoms with Crippen LogP contribution in [0.2, 0.25) is 0 Å². The van der Waals surface area contributed by atoms with Crippen LogP contribution >= 0.6 is 0 Å². The SMILES string of the molecule is CN1CCN(c2ccnc3[nH]c(-c4n[nH]c5ccc(-c6cnccn6)cc45)cc23)CC1. The summed E-state index contributed by atoms with van der Waals surface area (Å²) in [5, 5.41) is 9.92. The van der Waals surface area contributed by atoms with Crippen molar-refractivity contribution >= 4 is 27.6 Å². The zero-order valence-corrected chi connectivity index (χ0v) is 17.2. The number of rotatable bonds is 3. The highest BCUT2D eigenvalue weighted by Crippen LogP contribution is 2.34. The molecule has 31 heavy (non-hydrogen) atoms. The number of hydrogen-bond donors (Lipinski definition) is 2. The Labute approximate surface area is 179 Å². The first kappa shape index (κ1) is 18.0. The Hall–Kier alpha value is -3.78. The van der Waals surface area contributed by atoms with Crippen molar-refractivity contribution in [2.75, 3.05) is 38.1 Å². The zero-order valence-electron chi connectivity index (χ0n) is 17.2. The van der Waals surface area contributed by atoms with Gasteiger partial charge in [-0.1, -0.05) is 6.07 Å². The van der Waals surface area contributed by atoms with Crippen LogP contribution in [0.4, 0.5) is 5.69 Å². The molecule has 4 aromatic heterocycles. The number of nitrogens with zero attached hydrogens (tertiary/aromatic N) is 6. The van der Waals surface area contributed by atoms with Crippen molar-refractivity contribution in [3.63, 3.8) is 0 Å². The second-order valence-electron chi connectivity index (χ2n) is 7.99. The normalized spacial score (nSPS) is 15.2. The first-order valence-electron chi connectivity index (χ1n) is 10.4. The number of likely N-dealkylation sites (N-methyl/N-ethyl adjacent to an activating group) is 1. The van der Waals surface area contributed by atoms with Gasteiger partial charge in [-0.2, -0.15) is 5.10 Å². The van der Waals surface area contributed by atoms with Gasteiger partial charge in [0.25, 0.3) is 0 Å². The molecule has 0 saturated carbocycles. The molecule has 8 nitrogen and oxygen atoms in total. The maximum atomic E-state index is 4.61. The Morgan fingerprint density at radius 2 is 1.81 bits per heavy atom. The molecule has 0 radical (unpaired) electrons. The van der Waals surface area contributed by atoms with E-state index in [4.69, 9.17) is 0 Å². The van der Waals surface area contributed by atoms with Gasteiger partial charge < -0.3 is 14.8 Å². The molecule has 0 aliphatic carbocycles. The number of piperazine rings is 1. The second-order valence-corrected chi connectivity index (χ2v) is 7.99. The monoisotopic (exact) mass is 410 g/mol. The molecule has 0 atom stereocenters. The lowest BCUT2D eigenvalue weighted by molar-refractivity contribution is 0.313. The maximum Gasteiger partial charge on any atom is 0.139 e. The summed E-state index contributed by atoms with van der Waals surface area (Å²) in [7, 11) is 2.17. The van der Waals surface area contributed by atoms with Crippen molar-refractivity contribution in [3.05, 3.63) is 55.1 Å². The van der Waals surface area contributed by atoms with Crippen LogP contribution in [0.15, 0.2) is 55.1 Å². The Balaban J connectivity index is 1.44. The van der Waals surface area contributed by atoms with Gasteiger partial charge >= 0.3 is 0 Å². The largest absolute Gasteiger partial charge is 0.368 e. The molecule has 1 fully saturated rings. The highest BCUT2D eigenvalue weighted by Gasteiger charge is 2.19. The molecule has 0 spiro atoms. The van der Waals surface area contributed by atoms with Crippen LogP contribution in [0, 0.1) is 0 Å². The van der Waals surface area contributed by atoms with Crippen molar-refractivity contribution in [3.8, 4) is 22.6 Å². The first-order chi connectivity index (χ1) is 15.3. The fourth-order valence-electron chi connectivity index (χ4n) is 4.29. The van der Waals surface area contributed by atoms with Crippen molar-refractivity contribution in [2.24, 2.45) is 0 Å². The summed E-state index contributed by atoms with van der Waals surface area (Å²) in [4.78, 5) is 21.5. The van der Waals surface area contributed by atoms with Crippen molar-refractivity contribution < 1.29 is 0 Å². The van der Waals surface area contributed by atoms with Gasteiger partial charge in [0.15, 0.2) is 0 Å². The Morgan fingerprint density at radius 1 is 0.903 bits per heavy atom. The summed E-state index contributed by atoms with van der Waals surface area (Å²) >= 11 is 0. The van der Waals surface area contributed by atoms with Crippen LogP contribution in [0.1, 0.15) is 0 Å². The number of hydrogen-bond acceptors (Lipinski definition) is 6. The van der Waals surface area contributed by atoms with E-state index in [9.17, 15) is 0 Å². The average Bonchev–Trinajstić information content (AvgIpc) is 3.43.